The highest BCUT2D eigenvalue weighted by molar-refractivity contribution is 7.89. The van der Waals surface area contributed by atoms with E-state index in [1.54, 1.807) is 4.31 Å². The van der Waals surface area contributed by atoms with Crippen LogP contribution in [0.15, 0.2) is 29.2 Å². The van der Waals surface area contributed by atoms with E-state index in [-0.39, 0.29) is 29.4 Å². The fourth-order valence-corrected chi connectivity index (χ4v) is 7.07. The van der Waals surface area contributed by atoms with Gasteiger partial charge < -0.3 is 10.6 Å². The third kappa shape index (κ3) is 4.01. The fraction of sp³-hybridized carbons (Fsp3) is 0.591. The maximum Gasteiger partial charge on any atom is 0.325 e. The van der Waals surface area contributed by atoms with E-state index in [1.807, 2.05) is 13.8 Å². The number of urea groups is 1. The SMILES string of the molecule is CC1CCCC(C)N1S(=O)(=O)c1ccc(NC(=O)CN2C(=O)NC3(CCCC3)C2=O)cc1. The molecule has 2 atom stereocenters. The Kier molecular flexibility index (Phi) is 6.02. The average Bonchev–Trinajstić information content (AvgIpc) is 3.29. The largest absolute Gasteiger partial charge is 0.325 e. The molecule has 2 aliphatic heterocycles. The van der Waals surface area contributed by atoms with Gasteiger partial charge >= 0.3 is 6.03 Å². The van der Waals surface area contributed by atoms with Crippen LogP contribution in [0.4, 0.5) is 10.5 Å². The van der Waals surface area contributed by atoms with Crippen molar-refractivity contribution in [2.24, 2.45) is 0 Å². The van der Waals surface area contributed by atoms with Gasteiger partial charge in [0.1, 0.15) is 12.1 Å². The summed E-state index contributed by atoms with van der Waals surface area (Å²) in [6, 6.07) is 5.33. The van der Waals surface area contributed by atoms with Gasteiger partial charge in [-0.15, -0.1) is 0 Å². The lowest BCUT2D eigenvalue weighted by Gasteiger charge is -2.37. The summed E-state index contributed by atoms with van der Waals surface area (Å²) < 4.78 is 27.8. The molecule has 2 unspecified atom stereocenters. The predicted molar refractivity (Wildman–Crippen MR) is 118 cm³/mol. The molecular formula is C22H30N4O5S. The Morgan fingerprint density at radius 2 is 1.66 bits per heavy atom. The van der Waals surface area contributed by atoms with Crippen LogP contribution in [0.5, 0.6) is 0 Å². The smallest absolute Gasteiger partial charge is 0.325 e. The number of imide groups is 1. The van der Waals surface area contributed by atoms with Crippen molar-refractivity contribution in [2.45, 2.75) is 81.3 Å². The normalized spacial score (nSPS) is 25.9. The molecule has 2 heterocycles. The van der Waals surface area contributed by atoms with Crippen LogP contribution in [0.25, 0.3) is 0 Å². The van der Waals surface area contributed by atoms with E-state index in [0.717, 1.165) is 37.0 Å². The number of carbonyl (C=O) groups is 3. The van der Waals surface area contributed by atoms with Crippen LogP contribution in [0, 0.1) is 0 Å². The molecule has 3 aliphatic rings. The topological polar surface area (TPSA) is 116 Å². The maximum absolute atomic E-state index is 13.1. The van der Waals surface area contributed by atoms with Crippen LogP contribution in [-0.4, -0.2) is 59.6 Å². The first kappa shape index (κ1) is 22.7. The van der Waals surface area contributed by atoms with E-state index < -0.39 is 27.5 Å². The van der Waals surface area contributed by atoms with Crippen molar-refractivity contribution in [1.29, 1.82) is 0 Å². The van der Waals surface area contributed by atoms with Crippen LogP contribution in [-0.2, 0) is 19.6 Å². The molecule has 0 aromatic heterocycles. The van der Waals surface area contributed by atoms with Crippen molar-refractivity contribution < 1.29 is 22.8 Å². The molecule has 10 heteroatoms. The second-order valence-electron chi connectivity index (χ2n) is 9.15. The number of nitrogens with zero attached hydrogens (tertiary/aromatic N) is 2. The van der Waals surface area contributed by atoms with Gasteiger partial charge in [-0.05, 0) is 63.8 Å². The van der Waals surface area contributed by atoms with E-state index in [2.05, 4.69) is 10.6 Å². The molecule has 3 fully saturated rings. The highest BCUT2D eigenvalue weighted by atomic mass is 32.2. The van der Waals surface area contributed by atoms with Crippen molar-refractivity contribution >= 4 is 33.6 Å². The minimum absolute atomic E-state index is 0.0598. The number of benzene rings is 1. The molecule has 4 rings (SSSR count). The average molecular weight is 463 g/mol. The third-order valence-corrected chi connectivity index (χ3v) is 8.97. The molecule has 1 aliphatic carbocycles. The second kappa shape index (κ2) is 8.47. The minimum Gasteiger partial charge on any atom is -0.325 e. The van der Waals surface area contributed by atoms with Crippen LogP contribution in [0.3, 0.4) is 0 Å². The Morgan fingerprint density at radius 1 is 1.06 bits per heavy atom. The first-order valence-electron chi connectivity index (χ1n) is 11.2. The molecule has 1 saturated carbocycles. The fourth-order valence-electron chi connectivity index (χ4n) is 5.18. The number of hydrogen-bond acceptors (Lipinski definition) is 5. The summed E-state index contributed by atoms with van der Waals surface area (Å²) in [5.41, 5.74) is -0.452. The van der Waals surface area contributed by atoms with Gasteiger partial charge in [-0.3, -0.25) is 14.5 Å². The molecule has 9 nitrogen and oxygen atoms in total. The van der Waals surface area contributed by atoms with Crippen molar-refractivity contribution in [3.8, 4) is 0 Å². The molecule has 174 valence electrons. The number of anilines is 1. The van der Waals surface area contributed by atoms with Gasteiger partial charge in [0.05, 0.1) is 4.90 Å². The lowest BCUT2D eigenvalue weighted by atomic mass is 9.98. The summed E-state index contributed by atoms with van der Waals surface area (Å²) in [5.74, 6) is -0.862. The molecule has 2 saturated heterocycles. The Balaban J connectivity index is 1.41. The van der Waals surface area contributed by atoms with Crippen molar-refractivity contribution in [3.63, 3.8) is 0 Å². The summed E-state index contributed by atoms with van der Waals surface area (Å²) in [4.78, 5) is 38.5. The van der Waals surface area contributed by atoms with Crippen LogP contribution < -0.4 is 10.6 Å². The number of sulfonamides is 1. The van der Waals surface area contributed by atoms with Crippen LogP contribution >= 0.6 is 0 Å². The van der Waals surface area contributed by atoms with Gasteiger partial charge in [0.25, 0.3) is 5.91 Å². The lowest BCUT2D eigenvalue weighted by molar-refractivity contribution is -0.133. The number of nitrogens with one attached hydrogen (secondary N) is 2. The molecular weight excluding hydrogens is 432 g/mol. The molecule has 1 aromatic rings. The molecule has 0 radical (unpaired) electrons. The summed E-state index contributed by atoms with van der Waals surface area (Å²) in [5, 5.41) is 5.39. The van der Waals surface area contributed by atoms with Gasteiger partial charge in [-0.2, -0.15) is 4.31 Å². The molecule has 4 amide bonds. The van der Waals surface area contributed by atoms with Gasteiger partial charge in [0.2, 0.25) is 15.9 Å². The number of hydrogen-bond donors (Lipinski definition) is 2. The van der Waals surface area contributed by atoms with Crippen molar-refractivity contribution in [1.82, 2.24) is 14.5 Å². The zero-order chi connectivity index (χ0) is 23.1. The third-order valence-electron chi connectivity index (χ3n) is 6.83. The van der Waals surface area contributed by atoms with Gasteiger partial charge in [-0.1, -0.05) is 19.3 Å². The Bertz CT molecular complexity index is 1010. The van der Waals surface area contributed by atoms with Gasteiger partial charge in [0, 0.05) is 17.8 Å². The highest BCUT2D eigenvalue weighted by Gasteiger charge is 2.52. The van der Waals surface area contributed by atoms with E-state index in [9.17, 15) is 22.8 Å². The van der Waals surface area contributed by atoms with E-state index in [1.165, 1.54) is 24.3 Å². The maximum atomic E-state index is 13.1. The molecule has 2 N–H and O–H groups in total. The first-order chi connectivity index (χ1) is 15.1. The summed E-state index contributed by atoms with van der Waals surface area (Å²) in [7, 11) is -3.64. The predicted octanol–water partition coefficient (Wildman–Crippen LogP) is 2.44. The van der Waals surface area contributed by atoms with Crippen LogP contribution in [0.1, 0.15) is 58.8 Å². The van der Waals surface area contributed by atoms with E-state index >= 15 is 0 Å². The Labute approximate surface area is 188 Å². The van der Waals surface area contributed by atoms with E-state index in [4.69, 9.17) is 0 Å². The zero-order valence-corrected chi connectivity index (χ0v) is 19.3. The lowest BCUT2D eigenvalue weighted by Crippen LogP contribution is -2.47. The highest BCUT2D eigenvalue weighted by Crippen LogP contribution is 2.35. The molecule has 1 aromatic carbocycles. The molecule has 32 heavy (non-hydrogen) atoms. The summed E-state index contributed by atoms with van der Waals surface area (Å²) >= 11 is 0. The molecule has 0 bridgehead atoms. The Morgan fingerprint density at radius 3 is 2.25 bits per heavy atom. The zero-order valence-electron chi connectivity index (χ0n) is 18.5. The molecule has 1 spiro atoms. The standard InChI is InChI=1S/C22H30N4O5S/c1-15-6-5-7-16(2)26(15)32(30,31)18-10-8-17(9-11-18)23-19(27)14-25-20(28)22(24-21(25)29)12-3-4-13-22/h8-11,15-16H,3-7,12-14H2,1-2H3,(H,23,27)(H,24,29). The summed E-state index contributed by atoms with van der Waals surface area (Å²) in [6.07, 6.45) is 5.62. The van der Waals surface area contributed by atoms with Crippen molar-refractivity contribution in [3.05, 3.63) is 24.3 Å². The number of carbonyl (C=O) groups excluding carboxylic acids is 3. The number of rotatable bonds is 5. The number of amides is 4. The summed E-state index contributed by atoms with van der Waals surface area (Å²) in [6.45, 7) is 3.47. The monoisotopic (exact) mass is 462 g/mol. The van der Waals surface area contributed by atoms with Gasteiger partial charge in [-0.25, -0.2) is 13.2 Å². The van der Waals surface area contributed by atoms with Crippen molar-refractivity contribution in [2.75, 3.05) is 11.9 Å². The number of piperidine rings is 1. The minimum atomic E-state index is -3.64. The second-order valence-corrected chi connectivity index (χ2v) is 11.0. The Hall–Kier alpha value is -2.46. The van der Waals surface area contributed by atoms with Crippen LogP contribution in [0.2, 0.25) is 0 Å². The van der Waals surface area contributed by atoms with Gasteiger partial charge in [0.15, 0.2) is 0 Å². The quantitative estimate of drug-likeness (QED) is 0.652. The first-order valence-corrected chi connectivity index (χ1v) is 12.7. The van der Waals surface area contributed by atoms with E-state index in [0.29, 0.717) is 18.5 Å².